The van der Waals surface area contributed by atoms with E-state index in [1.165, 1.54) is 0 Å². The number of likely N-dealkylation sites (tertiary alicyclic amines) is 1. The zero-order chi connectivity index (χ0) is 14.0. The van der Waals surface area contributed by atoms with E-state index in [2.05, 4.69) is 11.4 Å². The van der Waals surface area contributed by atoms with Gasteiger partial charge in [-0.3, -0.25) is 10.1 Å². The molecule has 1 amide bonds. The normalized spacial score (nSPS) is 32.6. The summed E-state index contributed by atoms with van der Waals surface area (Å²) in [6.07, 6.45) is 1.98. The number of carbonyl (C=O) groups is 1. The molecule has 0 aromatic carbocycles. The fourth-order valence-electron chi connectivity index (χ4n) is 2.65. The molecular formula is C13H22N4OS. The highest BCUT2D eigenvalue weighted by molar-refractivity contribution is 8.01. The van der Waals surface area contributed by atoms with Crippen molar-refractivity contribution in [3.63, 3.8) is 0 Å². The van der Waals surface area contributed by atoms with Gasteiger partial charge in [0.1, 0.15) is 6.04 Å². The van der Waals surface area contributed by atoms with Gasteiger partial charge < -0.3 is 10.6 Å². The van der Waals surface area contributed by atoms with E-state index in [9.17, 15) is 4.79 Å². The molecule has 0 bridgehead atoms. The molecule has 5 nitrogen and oxygen atoms in total. The average Bonchev–Trinajstić information content (AvgIpc) is 2.79. The van der Waals surface area contributed by atoms with Crippen LogP contribution >= 0.6 is 11.8 Å². The predicted molar refractivity (Wildman–Crippen MR) is 76.4 cm³/mol. The number of nitrogens with two attached hydrogens (primary N) is 1. The fourth-order valence-corrected chi connectivity index (χ4v) is 4.06. The molecule has 0 radical (unpaired) electrons. The van der Waals surface area contributed by atoms with E-state index >= 15 is 0 Å². The SMILES string of the molecule is CC(C)[C@H](N)C(=O)N1CCCC2(C1)N[C@H](C#N)CS2. The maximum atomic E-state index is 12.3. The Balaban J connectivity index is 2.02. The van der Waals surface area contributed by atoms with E-state index in [4.69, 9.17) is 11.0 Å². The topological polar surface area (TPSA) is 82.2 Å². The average molecular weight is 282 g/mol. The molecule has 0 aromatic rings. The van der Waals surface area contributed by atoms with Crippen molar-refractivity contribution in [3.05, 3.63) is 0 Å². The van der Waals surface area contributed by atoms with Gasteiger partial charge in [-0.05, 0) is 18.8 Å². The minimum absolute atomic E-state index is 0.0388. The van der Waals surface area contributed by atoms with E-state index in [1.54, 1.807) is 11.8 Å². The lowest BCUT2D eigenvalue weighted by atomic mass is 10.00. The molecule has 1 spiro atoms. The molecule has 6 heteroatoms. The summed E-state index contributed by atoms with van der Waals surface area (Å²) >= 11 is 1.77. The molecule has 2 saturated heterocycles. The van der Waals surface area contributed by atoms with Crippen molar-refractivity contribution >= 4 is 17.7 Å². The summed E-state index contributed by atoms with van der Waals surface area (Å²) in [4.78, 5) is 14.1. The van der Waals surface area contributed by atoms with Crippen LogP contribution in [0.3, 0.4) is 0 Å². The van der Waals surface area contributed by atoms with Gasteiger partial charge in [-0.25, -0.2) is 0 Å². The smallest absolute Gasteiger partial charge is 0.239 e. The molecule has 0 aromatic heterocycles. The Bertz CT molecular complexity index is 395. The lowest BCUT2D eigenvalue weighted by Gasteiger charge is -2.41. The van der Waals surface area contributed by atoms with Crippen molar-refractivity contribution in [2.24, 2.45) is 11.7 Å². The Morgan fingerprint density at radius 2 is 2.37 bits per heavy atom. The number of nitrogens with one attached hydrogen (secondary N) is 1. The van der Waals surface area contributed by atoms with Crippen LogP contribution in [0.2, 0.25) is 0 Å². The van der Waals surface area contributed by atoms with Crippen molar-refractivity contribution in [2.75, 3.05) is 18.8 Å². The Labute approximate surface area is 118 Å². The second-order valence-electron chi connectivity index (χ2n) is 5.76. The van der Waals surface area contributed by atoms with Gasteiger partial charge in [0, 0.05) is 18.8 Å². The molecule has 2 heterocycles. The molecule has 1 unspecified atom stereocenters. The first kappa shape index (κ1) is 14.6. The van der Waals surface area contributed by atoms with Gasteiger partial charge in [-0.2, -0.15) is 5.26 Å². The van der Waals surface area contributed by atoms with Gasteiger partial charge >= 0.3 is 0 Å². The first-order chi connectivity index (χ1) is 8.97. The Hall–Kier alpha value is -0.770. The van der Waals surface area contributed by atoms with Crippen LogP contribution in [-0.4, -0.2) is 46.6 Å². The number of hydrogen-bond donors (Lipinski definition) is 2. The summed E-state index contributed by atoms with van der Waals surface area (Å²) in [5, 5.41) is 12.4. The lowest BCUT2D eigenvalue weighted by molar-refractivity contribution is -0.135. The molecule has 0 aliphatic carbocycles. The molecule has 3 N–H and O–H groups in total. The molecular weight excluding hydrogens is 260 g/mol. The van der Waals surface area contributed by atoms with Gasteiger partial charge in [0.05, 0.1) is 17.0 Å². The van der Waals surface area contributed by atoms with Crippen LogP contribution in [0.25, 0.3) is 0 Å². The van der Waals surface area contributed by atoms with Gasteiger partial charge in [-0.1, -0.05) is 13.8 Å². The van der Waals surface area contributed by atoms with Crippen LogP contribution < -0.4 is 11.1 Å². The second-order valence-corrected chi connectivity index (χ2v) is 7.17. The molecule has 19 heavy (non-hydrogen) atoms. The maximum Gasteiger partial charge on any atom is 0.239 e. The standard InChI is InChI=1S/C13H22N4OS/c1-9(2)11(15)12(18)17-5-3-4-13(8-17)16-10(6-14)7-19-13/h9-11,16H,3-5,7-8,15H2,1-2H3/t10-,11+,13?/m1/s1. The van der Waals surface area contributed by atoms with Crippen LogP contribution in [0.1, 0.15) is 26.7 Å². The third-order valence-corrected chi connectivity index (χ3v) is 5.39. The molecule has 3 atom stereocenters. The van der Waals surface area contributed by atoms with E-state index < -0.39 is 6.04 Å². The number of rotatable bonds is 2. The first-order valence-corrected chi connectivity index (χ1v) is 7.81. The Kier molecular flexibility index (Phi) is 4.39. The summed E-state index contributed by atoms with van der Waals surface area (Å²) in [7, 11) is 0. The highest BCUT2D eigenvalue weighted by Gasteiger charge is 2.44. The molecule has 2 rings (SSSR count). The quantitative estimate of drug-likeness (QED) is 0.771. The van der Waals surface area contributed by atoms with E-state index in [0.29, 0.717) is 6.54 Å². The van der Waals surface area contributed by atoms with Gasteiger partial charge in [0.15, 0.2) is 0 Å². The van der Waals surface area contributed by atoms with Crippen molar-refractivity contribution in [3.8, 4) is 6.07 Å². The van der Waals surface area contributed by atoms with Crippen molar-refractivity contribution < 1.29 is 4.79 Å². The highest BCUT2D eigenvalue weighted by atomic mass is 32.2. The zero-order valence-electron chi connectivity index (χ0n) is 11.6. The molecule has 2 aliphatic heterocycles. The second kappa shape index (κ2) is 5.70. The van der Waals surface area contributed by atoms with Gasteiger partial charge in [0.25, 0.3) is 0 Å². The minimum atomic E-state index is -0.423. The number of thioether (sulfide) groups is 1. The summed E-state index contributed by atoms with van der Waals surface area (Å²) in [5.74, 6) is 0.993. The van der Waals surface area contributed by atoms with Crippen molar-refractivity contribution in [2.45, 2.75) is 43.6 Å². The monoisotopic (exact) mass is 282 g/mol. The number of nitrogens with zero attached hydrogens (tertiary/aromatic N) is 2. The summed E-state index contributed by atoms with van der Waals surface area (Å²) in [6.45, 7) is 5.38. The maximum absolute atomic E-state index is 12.3. The number of carbonyl (C=O) groups excluding carboxylic acids is 1. The van der Waals surface area contributed by atoms with E-state index in [0.717, 1.165) is 25.1 Å². The van der Waals surface area contributed by atoms with E-state index in [1.807, 2.05) is 18.7 Å². The minimum Gasteiger partial charge on any atom is -0.339 e. The number of nitriles is 1. The summed E-state index contributed by atoms with van der Waals surface area (Å²) in [5.41, 5.74) is 5.96. The lowest BCUT2D eigenvalue weighted by Crippen LogP contribution is -2.58. The van der Waals surface area contributed by atoms with Crippen LogP contribution in [0.5, 0.6) is 0 Å². The highest BCUT2D eigenvalue weighted by Crippen LogP contribution is 2.37. The molecule has 0 saturated carbocycles. The third-order valence-electron chi connectivity index (χ3n) is 3.89. The van der Waals surface area contributed by atoms with E-state index in [-0.39, 0.29) is 22.7 Å². The van der Waals surface area contributed by atoms with Gasteiger partial charge in [-0.15, -0.1) is 11.8 Å². The van der Waals surface area contributed by atoms with Crippen molar-refractivity contribution in [1.82, 2.24) is 10.2 Å². The molecule has 2 fully saturated rings. The van der Waals surface area contributed by atoms with Crippen LogP contribution in [-0.2, 0) is 4.79 Å². The summed E-state index contributed by atoms with van der Waals surface area (Å²) < 4.78 is 0. The van der Waals surface area contributed by atoms with Gasteiger partial charge in [0.2, 0.25) is 5.91 Å². The first-order valence-electron chi connectivity index (χ1n) is 6.83. The molecule has 2 aliphatic rings. The largest absolute Gasteiger partial charge is 0.339 e. The Morgan fingerprint density at radius 3 is 2.95 bits per heavy atom. The van der Waals surface area contributed by atoms with Crippen LogP contribution in [0.15, 0.2) is 0 Å². The van der Waals surface area contributed by atoms with Crippen molar-refractivity contribution in [1.29, 1.82) is 5.26 Å². The number of piperidine rings is 1. The predicted octanol–water partition coefficient (Wildman–Crippen LogP) is 0.517. The summed E-state index contributed by atoms with van der Waals surface area (Å²) in [6, 6.07) is 1.74. The third kappa shape index (κ3) is 3.04. The van der Waals surface area contributed by atoms with Crippen LogP contribution in [0, 0.1) is 17.2 Å². The number of hydrogen-bond acceptors (Lipinski definition) is 5. The Morgan fingerprint density at radius 1 is 1.63 bits per heavy atom. The number of amides is 1. The van der Waals surface area contributed by atoms with Crippen LogP contribution in [0.4, 0.5) is 0 Å². The fraction of sp³-hybridized carbons (Fsp3) is 0.846. The molecule has 106 valence electrons. The zero-order valence-corrected chi connectivity index (χ0v) is 12.4.